The van der Waals surface area contributed by atoms with E-state index in [1.165, 1.54) is 4.90 Å². The van der Waals surface area contributed by atoms with E-state index in [-0.39, 0.29) is 26.2 Å². The molecule has 254 valence electrons. The van der Waals surface area contributed by atoms with E-state index in [1.54, 1.807) is 32.9 Å². The van der Waals surface area contributed by atoms with Crippen LogP contribution in [0.5, 0.6) is 0 Å². The zero-order valence-electron chi connectivity index (χ0n) is 27.6. The fourth-order valence-corrected chi connectivity index (χ4v) is 5.07. The maximum Gasteiger partial charge on any atom is 0.410 e. The Bertz CT molecular complexity index is 1530. The van der Waals surface area contributed by atoms with Gasteiger partial charge in [-0.25, -0.2) is 9.59 Å². The van der Waals surface area contributed by atoms with E-state index in [4.69, 9.17) is 14.2 Å². The predicted octanol–water partition coefficient (Wildman–Crippen LogP) is 4.33. The van der Waals surface area contributed by atoms with E-state index in [0.717, 1.165) is 16.7 Å². The Morgan fingerprint density at radius 3 is 1.85 bits per heavy atom. The number of rotatable bonds is 13. The number of benzene rings is 3. The molecule has 11 nitrogen and oxygen atoms in total. The molecule has 0 aromatic heterocycles. The summed E-state index contributed by atoms with van der Waals surface area (Å²) in [4.78, 5) is 67.5. The van der Waals surface area contributed by atoms with Crippen LogP contribution in [0.1, 0.15) is 50.3 Å². The van der Waals surface area contributed by atoms with Crippen molar-refractivity contribution in [2.75, 3.05) is 13.1 Å². The molecule has 1 fully saturated rings. The summed E-state index contributed by atoms with van der Waals surface area (Å²) in [5, 5.41) is 5.39. The third-order valence-corrected chi connectivity index (χ3v) is 7.56. The molecule has 0 unspecified atom stereocenters. The first-order valence-electron chi connectivity index (χ1n) is 16.0. The van der Waals surface area contributed by atoms with Crippen molar-refractivity contribution in [2.45, 2.75) is 70.9 Å². The van der Waals surface area contributed by atoms with Crippen LogP contribution in [0.2, 0.25) is 0 Å². The highest BCUT2D eigenvalue weighted by atomic mass is 16.6. The molecule has 1 saturated heterocycles. The number of hydrogen-bond acceptors (Lipinski definition) is 8. The predicted molar refractivity (Wildman–Crippen MR) is 177 cm³/mol. The Hall–Kier alpha value is -5.19. The van der Waals surface area contributed by atoms with Gasteiger partial charge >= 0.3 is 18.0 Å². The maximum absolute atomic E-state index is 13.8. The number of hydrogen-bond donors (Lipinski definition) is 2. The van der Waals surface area contributed by atoms with Gasteiger partial charge in [0.1, 0.15) is 30.9 Å². The van der Waals surface area contributed by atoms with Crippen molar-refractivity contribution in [3.05, 3.63) is 108 Å². The summed E-state index contributed by atoms with van der Waals surface area (Å²) in [5.41, 5.74) is 1.61. The van der Waals surface area contributed by atoms with E-state index in [9.17, 15) is 24.0 Å². The van der Waals surface area contributed by atoms with Gasteiger partial charge in [-0.15, -0.1) is 0 Å². The van der Waals surface area contributed by atoms with Crippen LogP contribution < -0.4 is 10.6 Å². The highest BCUT2D eigenvalue weighted by Crippen LogP contribution is 2.20. The van der Waals surface area contributed by atoms with E-state index in [0.29, 0.717) is 13.0 Å². The summed E-state index contributed by atoms with van der Waals surface area (Å²) < 4.78 is 16.4. The minimum Gasteiger partial charge on any atom is -0.461 e. The second-order valence-electron chi connectivity index (χ2n) is 12.7. The summed E-state index contributed by atoms with van der Waals surface area (Å²) in [7, 11) is 0. The topological polar surface area (TPSA) is 140 Å². The van der Waals surface area contributed by atoms with Crippen molar-refractivity contribution in [1.82, 2.24) is 15.5 Å². The van der Waals surface area contributed by atoms with Crippen LogP contribution in [0.25, 0.3) is 0 Å². The fraction of sp³-hybridized carbons (Fsp3) is 0.378. The Morgan fingerprint density at radius 1 is 0.750 bits per heavy atom. The molecule has 0 saturated carbocycles. The van der Waals surface area contributed by atoms with E-state index in [1.807, 2.05) is 78.9 Å². The average molecular weight is 658 g/mol. The number of esters is 2. The van der Waals surface area contributed by atoms with Crippen molar-refractivity contribution in [3.8, 4) is 0 Å². The number of ether oxygens (including phenoxy) is 3. The number of amides is 3. The normalized spacial score (nSPS) is 15.5. The van der Waals surface area contributed by atoms with Crippen molar-refractivity contribution in [1.29, 1.82) is 0 Å². The summed E-state index contributed by atoms with van der Waals surface area (Å²) >= 11 is 0. The molecular weight excluding hydrogens is 614 g/mol. The lowest BCUT2D eigenvalue weighted by atomic mass is 10.0. The summed E-state index contributed by atoms with van der Waals surface area (Å²) in [6.45, 7) is 5.65. The van der Waals surface area contributed by atoms with Gasteiger partial charge < -0.3 is 29.7 Å². The van der Waals surface area contributed by atoms with Gasteiger partial charge in [-0.05, 0) is 43.9 Å². The molecule has 3 aromatic rings. The second-order valence-corrected chi connectivity index (χ2v) is 12.7. The highest BCUT2D eigenvalue weighted by molar-refractivity contribution is 5.94. The van der Waals surface area contributed by atoms with Gasteiger partial charge in [0.15, 0.2) is 0 Å². The summed E-state index contributed by atoms with van der Waals surface area (Å²) in [6.07, 6.45) is -0.550. The molecule has 3 atom stereocenters. The average Bonchev–Trinajstić information content (AvgIpc) is 3.57. The molecular formula is C37H43N3O8. The highest BCUT2D eigenvalue weighted by Gasteiger charge is 2.36. The molecule has 0 spiro atoms. The largest absolute Gasteiger partial charge is 0.461 e. The van der Waals surface area contributed by atoms with Gasteiger partial charge in [0.2, 0.25) is 11.8 Å². The van der Waals surface area contributed by atoms with Crippen molar-refractivity contribution in [2.24, 2.45) is 5.92 Å². The van der Waals surface area contributed by atoms with Gasteiger partial charge in [0.05, 0.1) is 12.3 Å². The Morgan fingerprint density at radius 2 is 1.29 bits per heavy atom. The fourth-order valence-electron chi connectivity index (χ4n) is 5.07. The second kappa shape index (κ2) is 17.1. The Labute approximate surface area is 280 Å². The minimum atomic E-state index is -1.36. The van der Waals surface area contributed by atoms with Crippen LogP contribution in [-0.2, 0) is 53.0 Å². The molecule has 0 aliphatic carbocycles. The third kappa shape index (κ3) is 11.6. The van der Waals surface area contributed by atoms with Crippen LogP contribution in [0.15, 0.2) is 91.0 Å². The van der Waals surface area contributed by atoms with Gasteiger partial charge in [-0.1, -0.05) is 91.0 Å². The molecule has 2 N–H and O–H groups in total. The van der Waals surface area contributed by atoms with E-state index >= 15 is 0 Å². The first-order chi connectivity index (χ1) is 23.0. The number of likely N-dealkylation sites (tertiary alicyclic amines) is 1. The summed E-state index contributed by atoms with van der Waals surface area (Å²) in [5.74, 6) is -3.28. The standard InChI is InChI=1S/C37H43N3O8/c1-37(2,3)48-36(45)40-20-19-29(23-40)33(42)38-30(22-32(41)46-24-27-15-9-5-10-16-27)34(43)39-31(21-26-13-7-4-8-14-26)35(44)47-25-28-17-11-6-12-18-28/h4-18,29-31H,19-25H2,1-3H3,(H,38,42)(H,39,43)/t29-,30+,31+/m1/s1. The monoisotopic (exact) mass is 657 g/mol. The molecule has 1 aliphatic heterocycles. The Balaban J connectivity index is 1.47. The van der Waals surface area contributed by atoms with Gasteiger partial charge in [-0.3, -0.25) is 14.4 Å². The number of nitrogens with one attached hydrogen (secondary N) is 2. The number of nitrogens with zero attached hydrogens (tertiary/aromatic N) is 1. The quantitative estimate of drug-likeness (QED) is 0.205. The Kier molecular flexibility index (Phi) is 12.7. The molecule has 3 amide bonds. The molecule has 1 aliphatic rings. The van der Waals surface area contributed by atoms with Gasteiger partial charge in [0, 0.05) is 19.5 Å². The summed E-state index contributed by atoms with van der Waals surface area (Å²) in [6, 6.07) is 24.8. The lowest BCUT2D eigenvalue weighted by molar-refractivity contribution is -0.150. The minimum absolute atomic E-state index is 0.00262. The first-order valence-corrected chi connectivity index (χ1v) is 16.0. The molecule has 0 radical (unpaired) electrons. The van der Waals surface area contributed by atoms with Gasteiger partial charge in [-0.2, -0.15) is 0 Å². The van der Waals surface area contributed by atoms with Gasteiger partial charge in [0.25, 0.3) is 0 Å². The number of carbonyl (C=O) groups is 5. The molecule has 48 heavy (non-hydrogen) atoms. The van der Waals surface area contributed by atoms with Crippen LogP contribution in [-0.4, -0.2) is 65.5 Å². The van der Waals surface area contributed by atoms with Crippen LogP contribution in [0, 0.1) is 5.92 Å². The van der Waals surface area contributed by atoms with Crippen molar-refractivity contribution >= 4 is 29.8 Å². The third-order valence-electron chi connectivity index (χ3n) is 7.56. The molecule has 0 bridgehead atoms. The number of carbonyl (C=O) groups excluding carboxylic acids is 5. The van der Waals surface area contributed by atoms with Crippen LogP contribution in [0.3, 0.4) is 0 Å². The van der Waals surface area contributed by atoms with Crippen LogP contribution >= 0.6 is 0 Å². The molecule has 3 aromatic carbocycles. The van der Waals surface area contributed by atoms with Crippen LogP contribution in [0.4, 0.5) is 4.79 Å². The first kappa shape index (κ1) is 35.7. The molecule has 1 heterocycles. The molecule has 4 rings (SSSR count). The van der Waals surface area contributed by atoms with Crippen molar-refractivity contribution in [3.63, 3.8) is 0 Å². The zero-order chi connectivity index (χ0) is 34.5. The SMILES string of the molecule is CC(C)(C)OC(=O)N1CC[C@@H](C(=O)N[C@@H](CC(=O)OCc2ccccc2)C(=O)N[C@@H](Cc2ccccc2)C(=O)OCc2ccccc2)C1. The molecule has 11 heteroatoms. The van der Waals surface area contributed by atoms with E-state index in [2.05, 4.69) is 10.6 Å². The maximum atomic E-state index is 13.8. The van der Waals surface area contributed by atoms with E-state index < -0.39 is 59.9 Å². The lowest BCUT2D eigenvalue weighted by Gasteiger charge is -2.25. The van der Waals surface area contributed by atoms with Crippen molar-refractivity contribution < 1.29 is 38.2 Å². The lowest BCUT2D eigenvalue weighted by Crippen LogP contribution is -2.54. The zero-order valence-corrected chi connectivity index (χ0v) is 27.6. The smallest absolute Gasteiger partial charge is 0.410 e.